The first-order chi connectivity index (χ1) is 9.83. The van der Waals surface area contributed by atoms with Gasteiger partial charge in [0.2, 0.25) is 5.78 Å². The fourth-order valence-corrected chi connectivity index (χ4v) is 3.10. The number of hydrogen-bond acceptors (Lipinski definition) is 2. The summed E-state index contributed by atoms with van der Waals surface area (Å²) in [5.41, 5.74) is 3.24. The Labute approximate surface area is 117 Å². The largest absolute Gasteiger partial charge is 0.453 e. The first-order valence-electron chi connectivity index (χ1n) is 6.93. The first kappa shape index (κ1) is 11.5. The maximum Gasteiger partial charge on any atom is 0.205 e. The number of Topliss-reactive ketones (excluding diaryl/α,β-unsaturated/α-hetero) is 1. The van der Waals surface area contributed by atoms with E-state index < -0.39 is 0 Å². The summed E-state index contributed by atoms with van der Waals surface area (Å²) in [4.78, 5) is 12.7. The molecule has 98 valence electrons. The van der Waals surface area contributed by atoms with Crippen molar-refractivity contribution in [2.24, 2.45) is 0 Å². The van der Waals surface area contributed by atoms with Crippen molar-refractivity contribution in [3.8, 4) is 0 Å². The quantitative estimate of drug-likeness (QED) is 0.643. The van der Waals surface area contributed by atoms with Crippen molar-refractivity contribution in [2.75, 3.05) is 0 Å². The molecule has 1 aromatic heterocycles. The third kappa shape index (κ3) is 1.68. The molecule has 1 aliphatic rings. The standard InChI is InChI=1S/C18H14O2/c19-18(15-10-9-12-5-1-3-7-14(12)15)17-11-13-6-2-4-8-16(13)20-17/h1-8,11,15H,9-10H2. The summed E-state index contributed by atoms with van der Waals surface area (Å²) in [7, 11) is 0. The highest BCUT2D eigenvalue weighted by Gasteiger charge is 2.30. The highest BCUT2D eigenvalue weighted by molar-refractivity contribution is 6.02. The van der Waals surface area contributed by atoms with E-state index in [-0.39, 0.29) is 11.7 Å². The van der Waals surface area contributed by atoms with Gasteiger partial charge in [0, 0.05) is 5.39 Å². The summed E-state index contributed by atoms with van der Waals surface area (Å²) >= 11 is 0. The minimum absolute atomic E-state index is 0.0493. The summed E-state index contributed by atoms with van der Waals surface area (Å²) in [5, 5.41) is 0.988. The minimum atomic E-state index is -0.0493. The van der Waals surface area contributed by atoms with Crippen molar-refractivity contribution in [1.29, 1.82) is 0 Å². The molecular formula is C18H14O2. The molecule has 2 aromatic carbocycles. The van der Waals surface area contributed by atoms with E-state index >= 15 is 0 Å². The van der Waals surface area contributed by atoms with Gasteiger partial charge in [0.1, 0.15) is 5.58 Å². The summed E-state index contributed by atoms with van der Waals surface area (Å²) in [6, 6.07) is 17.8. The molecule has 0 N–H and O–H groups in total. The fourth-order valence-electron chi connectivity index (χ4n) is 3.10. The number of fused-ring (bicyclic) bond motifs is 2. The van der Waals surface area contributed by atoms with Gasteiger partial charge in [-0.05, 0) is 36.1 Å². The number of benzene rings is 2. The lowest BCUT2D eigenvalue weighted by Crippen LogP contribution is -2.09. The Morgan fingerprint density at radius 1 is 1.05 bits per heavy atom. The summed E-state index contributed by atoms with van der Waals surface area (Å²) in [5.74, 6) is 0.533. The molecule has 3 aromatic rings. The van der Waals surface area contributed by atoms with Crippen LogP contribution >= 0.6 is 0 Å². The number of carbonyl (C=O) groups excluding carboxylic acids is 1. The van der Waals surface area contributed by atoms with Crippen molar-refractivity contribution in [2.45, 2.75) is 18.8 Å². The van der Waals surface area contributed by atoms with Crippen LogP contribution in [0.5, 0.6) is 0 Å². The van der Waals surface area contributed by atoms with Gasteiger partial charge in [-0.2, -0.15) is 0 Å². The molecule has 1 aliphatic carbocycles. The molecule has 0 amide bonds. The Balaban J connectivity index is 1.74. The summed E-state index contributed by atoms with van der Waals surface area (Å²) in [6.07, 6.45) is 1.86. The highest BCUT2D eigenvalue weighted by atomic mass is 16.3. The van der Waals surface area contributed by atoms with Gasteiger partial charge in [-0.1, -0.05) is 42.5 Å². The number of hydrogen-bond donors (Lipinski definition) is 0. The number of furan rings is 1. The number of carbonyl (C=O) groups is 1. The normalized spacial score (nSPS) is 17.3. The van der Waals surface area contributed by atoms with Gasteiger partial charge in [-0.3, -0.25) is 4.79 Å². The molecule has 0 saturated heterocycles. The Hall–Kier alpha value is -2.35. The van der Waals surface area contributed by atoms with Crippen LogP contribution in [0.2, 0.25) is 0 Å². The van der Waals surface area contributed by atoms with Crippen LogP contribution in [0.4, 0.5) is 0 Å². The highest BCUT2D eigenvalue weighted by Crippen LogP contribution is 2.36. The number of ketones is 1. The zero-order valence-electron chi connectivity index (χ0n) is 11.0. The molecule has 0 bridgehead atoms. The summed E-state index contributed by atoms with van der Waals surface area (Å²) in [6.45, 7) is 0. The number of para-hydroxylation sites is 1. The van der Waals surface area contributed by atoms with E-state index in [4.69, 9.17) is 4.42 Å². The molecule has 20 heavy (non-hydrogen) atoms. The average Bonchev–Trinajstić information content (AvgIpc) is 3.10. The van der Waals surface area contributed by atoms with Gasteiger partial charge in [0.15, 0.2) is 5.76 Å². The molecule has 2 heteroatoms. The second kappa shape index (κ2) is 4.34. The number of aryl methyl sites for hydroxylation is 1. The van der Waals surface area contributed by atoms with Gasteiger partial charge in [0.05, 0.1) is 5.92 Å². The number of rotatable bonds is 2. The molecule has 4 rings (SSSR count). The van der Waals surface area contributed by atoms with Crippen molar-refractivity contribution >= 4 is 16.8 Å². The molecule has 0 fully saturated rings. The summed E-state index contributed by atoms with van der Waals surface area (Å²) < 4.78 is 5.71. The Kier molecular flexibility index (Phi) is 2.49. The second-order valence-corrected chi connectivity index (χ2v) is 5.30. The molecule has 0 radical (unpaired) electrons. The predicted molar refractivity (Wildman–Crippen MR) is 78.0 cm³/mol. The van der Waals surface area contributed by atoms with Crippen LogP contribution in [-0.4, -0.2) is 5.78 Å². The van der Waals surface area contributed by atoms with Gasteiger partial charge in [0.25, 0.3) is 0 Å². The maximum atomic E-state index is 12.7. The lowest BCUT2D eigenvalue weighted by Gasteiger charge is -2.07. The molecule has 1 unspecified atom stereocenters. The van der Waals surface area contributed by atoms with Crippen LogP contribution in [-0.2, 0) is 6.42 Å². The van der Waals surface area contributed by atoms with E-state index in [1.165, 1.54) is 5.56 Å². The third-order valence-electron chi connectivity index (χ3n) is 4.12. The maximum absolute atomic E-state index is 12.7. The van der Waals surface area contributed by atoms with Crippen molar-refractivity contribution < 1.29 is 9.21 Å². The van der Waals surface area contributed by atoms with Crippen LogP contribution in [0.1, 0.15) is 34.0 Å². The van der Waals surface area contributed by atoms with E-state index in [0.717, 1.165) is 29.4 Å². The molecule has 2 nitrogen and oxygen atoms in total. The van der Waals surface area contributed by atoms with Crippen LogP contribution < -0.4 is 0 Å². The lowest BCUT2D eigenvalue weighted by molar-refractivity contribution is 0.0934. The van der Waals surface area contributed by atoms with E-state index in [0.29, 0.717) is 5.76 Å². The van der Waals surface area contributed by atoms with Gasteiger partial charge >= 0.3 is 0 Å². The zero-order valence-corrected chi connectivity index (χ0v) is 11.0. The average molecular weight is 262 g/mol. The second-order valence-electron chi connectivity index (χ2n) is 5.30. The lowest BCUT2D eigenvalue weighted by atomic mass is 9.95. The van der Waals surface area contributed by atoms with Gasteiger partial charge < -0.3 is 4.42 Å². The Bertz CT molecular complexity index is 765. The molecule has 1 atom stereocenters. The molecule has 0 saturated carbocycles. The monoisotopic (exact) mass is 262 g/mol. The molecule has 0 aliphatic heterocycles. The van der Waals surface area contributed by atoms with Crippen molar-refractivity contribution in [3.05, 3.63) is 71.5 Å². The first-order valence-corrected chi connectivity index (χ1v) is 6.93. The van der Waals surface area contributed by atoms with Gasteiger partial charge in [-0.15, -0.1) is 0 Å². The van der Waals surface area contributed by atoms with E-state index in [1.54, 1.807) is 0 Å². The molecule has 1 heterocycles. The minimum Gasteiger partial charge on any atom is -0.453 e. The van der Waals surface area contributed by atoms with Crippen molar-refractivity contribution in [1.82, 2.24) is 0 Å². The SMILES string of the molecule is O=C(c1cc2ccccc2o1)C1CCc2ccccc21. The Morgan fingerprint density at radius 3 is 2.75 bits per heavy atom. The third-order valence-corrected chi connectivity index (χ3v) is 4.12. The van der Waals surface area contributed by atoms with Crippen LogP contribution in [0.25, 0.3) is 11.0 Å². The van der Waals surface area contributed by atoms with Crippen LogP contribution in [0.3, 0.4) is 0 Å². The van der Waals surface area contributed by atoms with E-state index in [2.05, 4.69) is 12.1 Å². The fraction of sp³-hybridized carbons (Fsp3) is 0.167. The van der Waals surface area contributed by atoms with Crippen LogP contribution in [0, 0.1) is 0 Å². The van der Waals surface area contributed by atoms with Crippen molar-refractivity contribution in [3.63, 3.8) is 0 Å². The van der Waals surface area contributed by atoms with Crippen LogP contribution in [0.15, 0.2) is 59.0 Å². The van der Waals surface area contributed by atoms with E-state index in [1.807, 2.05) is 42.5 Å². The van der Waals surface area contributed by atoms with E-state index in [9.17, 15) is 4.79 Å². The zero-order chi connectivity index (χ0) is 13.5. The predicted octanol–water partition coefficient (Wildman–Crippen LogP) is 4.35. The smallest absolute Gasteiger partial charge is 0.205 e. The molecule has 0 spiro atoms. The topological polar surface area (TPSA) is 30.2 Å². The Morgan fingerprint density at radius 2 is 1.85 bits per heavy atom. The molecular weight excluding hydrogens is 248 g/mol. The van der Waals surface area contributed by atoms with Gasteiger partial charge in [-0.25, -0.2) is 0 Å².